The summed E-state index contributed by atoms with van der Waals surface area (Å²) in [5.41, 5.74) is 7.37. The molecule has 0 saturated carbocycles. The van der Waals surface area contributed by atoms with Gasteiger partial charge in [-0.25, -0.2) is 9.50 Å². The average molecular weight is 681 g/mol. The van der Waals surface area contributed by atoms with Crippen molar-refractivity contribution in [2.24, 2.45) is 5.73 Å². The SMILES string of the molecule is COc1cc(-c2cnc3cc(OC(C)C(C)(C)OP(OCc4ccccc4)OCc4ccccc4)cnn23)cc(OC(F)F)c1C(N)=O. The fourth-order valence-corrected chi connectivity index (χ4v) is 5.78. The van der Waals surface area contributed by atoms with Gasteiger partial charge in [-0.3, -0.25) is 4.79 Å². The van der Waals surface area contributed by atoms with E-state index in [-0.39, 0.29) is 11.3 Å². The van der Waals surface area contributed by atoms with E-state index in [0.29, 0.717) is 35.9 Å². The van der Waals surface area contributed by atoms with Crippen molar-refractivity contribution in [2.45, 2.75) is 52.3 Å². The van der Waals surface area contributed by atoms with Crippen LogP contribution in [0.15, 0.2) is 91.3 Å². The van der Waals surface area contributed by atoms with Crippen molar-refractivity contribution in [1.29, 1.82) is 0 Å². The van der Waals surface area contributed by atoms with Gasteiger partial charge in [0.25, 0.3) is 5.91 Å². The van der Waals surface area contributed by atoms with Gasteiger partial charge in [-0.15, -0.1) is 0 Å². The van der Waals surface area contributed by atoms with E-state index in [4.69, 9.17) is 28.8 Å². The van der Waals surface area contributed by atoms with Crippen LogP contribution in [0, 0.1) is 0 Å². The lowest BCUT2D eigenvalue weighted by Crippen LogP contribution is -2.40. The van der Waals surface area contributed by atoms with Gasteiger partial charge in [-0.1, -0.05) is 60.7 Å². The molecule has 1 atom stereocenters. The van der Waals surface area contributed by atoms with Crippen molar-refractivity contribution in [3.8, 4) is 28.5 Å². The maximum Gasteiger partial charge on any atom is 0.387 e. The Balaban J connectivity index is 1.32. The lowest BCUT2D eigenvalue weighted by molar-refractivity contribution is -0.0502. The number of methoxy groups -OCH3 is 1. The Morgan fingerprint density at radius 2 is 1.52 bits per heavy atom. The summed E-state index contributed by atoms with van der Waals surface area (Å²) in [4.78, 5) is 16.4. The largest absolute Gasteiger partial charge is 0.496 e. The number of alkyl halides is 2. The summed E-state index contributed by atoms with van der Waals surface area (Å²) >= 11 is 0. The first kappa shape index (κ1) is 34.6. The zero-order valence-electron chi connectivity index (χ0n) is 26.7. The molecule has 14 heteroatoms. The first-order chi connectivity index (χ1) is 23.0. The molecule has 0 spiro atoms. The maximum atomic E-state index is 13.2. The van der Waals surface area contributed by atoms with Gasteiger partial charge in [0.1, 0.15) is 34.5 Å². The molecule has 252 valence electrons. The molecule has 3 aromatic carbocycles. The highest BCUT2D eigenvalue weighted by molar-refractivity contribution is 7.41. The quantitative estimate of drug-likeness (QED) is 0.107. The monoisotopic (exact) mass is 680 g/mol. The Kier molecular flexibility index (Phi) is 11.2. The molecule has 1 amide bonds. The van der Waals surface area contributed by atoms with Crippen LogP contribution in [0.2, 0.25) is 0 Å². The van der Waals surface area contributed by atoms with E-state index in [9.17, 15) is 13.6 Å². The summed E-state index contributed by atoms with van der Waals surface area (Å²) in [5, 5.41) is 4.46. The minimum absolute atomic E-state index is 0.0398. The second kappa shape index (κ2) is 15.5. The number of carbonyl (C=O) groups is 1. The molecule has 1 unspecified atom stereocenters. The van der Waals surface area contributed by atoms with Crippen LogP contribution in [0.1, 0.15) is 42.3 Å². The number of nitrogens with two attached hydrogens (primary N) is 1. The summed E-state index contributed by atoms with van der Waals surface area (Å²) in [5.74, 6) is -1.04. The van der Waals surface area contributed by atoms with Crippen LogP contribution in [-0.2, 0) is 26.8 Å². The van der Waals surface area contributed by atoms with Gasteiger partial charge in [0, 0.05) is 11.6 Å². The number of nitrogens with zero attached hydrogens (tertiary/aromatic N) is 3. The number of carbonyl (C=O) groups excluding carboxylic acids is 1. The molecular formula is C34H35F2N4O7P. The Morgan fingerprint density at radius 3 is 2.08 bits per heavy atom. The van der Waals surface area contributed by atoms with Crippen molar-refractivity contribution >= 4 is 20.2 Å². The van der Waals surface area contributed by atoms with E-state index in [0.717, 1.165) is 11.1 Å². The molecule has 48 heavy (non-hydrogen) atoms. The van der Waals surface area contributed by atoms with Crippen LogP contribution in [-0.4, -0.2) is 45.9 Å². The summed E-state index contributed by atoms with van der Waals surface area (Å²) in [7, 11) is -0.495. The number of ether oxygens (including phenoxy) is 3. The summed E-state index contributed by atoms with van der Waals surface area (Å²) in [6, 6.07) is 23.9. The zero-order valence-corrected chi connectivity index (χ0v) is 27.6. The first-order valence-corrected chi connectivity index (χ1v) is 15.9. The average Bonchev–Trinajstić information content (AvgIpc) is 3.49. The molecule has 0 radical (unpaired) electrons. The molecular weight excluding hydrogens is 645 g/mol. The number of imidazole rings is 1. The van der Waals surface area contributed by atoms with Crippen LogP contribution in [0.5, 0.6) is 17.2 Å². The number of rotatable bonds is 16. The zero-order chi connectivity index (χ0) is 34.3. The fraction of sp³-hybridized carbons (Fsp3) is 0.265. The number of primary amides is 1. The van der Waals surface area contributed by atoms with Gasteiger partial charge >= 0.3 is 15.2 Å². The number of amides is 1. The van der Waals surface area contributed by atoms with Crippen LogP contribution in [0.4, 0.5) is 8.78 Å². The highest BCUT2D eigenvalue weighted by Crippen LogP contribution is 2.47. The van der Waals surface area contributed by atoms with Crippen LogP contribution in [0.25, 0.3) is 16.9 Å². The molecule has 0 saturated heterocycles. The summed E-state index contributed by atoms with van der Waals surface area (Å²) in [6.45, 7) is 3.05. The number of aromatic nitrogens is 3. The van der Waals surface area contributed by atoms with E-state index in [1.54, 1.807) is 6.07 Å². The molecule has 0 fully saturated rings. The van der Waals surface area contributed by atoms with Crippen LogP contribution >= 0.6 is 8.60 Å². The predicted octanol–water partition coefficient (Wildman–Crippen LogP) is 7.33. The second-order valence-electron chi connectivity index (χ2n) is 11.1. The molecule has 0 aliphatic rings. The third kappa shape index (κ3) is 8.61. The highest BCUT2D eigenvalue weighted by Gasteiger charge is 2.34. The number of halogens is 2. The van der Waals surface area contributed by atoms with E-state index < -0.39 is 38.6 Å². The van der Waals surface area contributed by atoms with E-state index in [1.165, 1.54) is 36.2 Å². The molecule has 0 aliphatic heterocycles. The van der Waals surface area contributed by atoms with Crippen LogP contribution in [0.3, 0.4) is 0 Å². The number of hydrogen-bond donors (Lipinski definition) is 1. The standard InChI is InChI=1S/C34H35F2N4O7P/c1-22(34(2,3)47-48(43-20-23-11-7-5-8-12-23)44-21-24-13-9-6-10-14-24)45-26-17-30-38-19-27(40(30)39-18-26)25-15-28(42-4)31(32(37)41)29(16-25)46-33(35)36/h5-19,22,33H,20-21H2,1-4H3,(H2,37,41). The summed E-state index contributed by atoms with van der Waals surface area (Å²) in [6.07, 6.45) is 2.49. The van der Waals surface area contributed by atoms with Crippen molar-refractivity contribution in [2.75, 3.05) is 7.11 Å². The smallest absolute Gasteiger partial charge is 0.387 e. The molecule has 2 heterocycles. The van der Waals surface area contributed by atoms with E-state index >= 15 is 0 Å². The maximum absolute atomic E-state index is 13.2. The molecule has 0 aliphatic carbocycles. The van der Waals surface area contributed by atoms with Gasteiger partial charge in [0.05, 0.1) is 38.4 Å². The Bertz CT molecular complexity index is 1780. The Hall–Kier alpha value is -4.68. The lowest BCUT2D eigenvalue weighted by Gasteiger charge is -2.34. The van der Waals surface area contributed by atoms with Gasteiger partial charge in [0.2, 0.25) is 0 Å². The molecule has 5 aromatic rings. The van der Waals surface area contributed by atoms with Crippen molar-refractivity contribution in [1.82, 2.24) is 14.6 Å². The third-order valence-corrected chi connectivity index (χ3v) is 8.64. The van der Waals surface area contributed by atoms with E-state index in [1.807, 2.05) is 81.4 Å². The molecule has 5 rings (SSSR count). The second-order valence-corrected chi connectivity index (χ2v) is 12.2. The fourth-order valence-electron chi connectivity index (χ4n) is 4.56. The van der Waals surface area contributed by atoms with Crippen LogP contribution < -0.4 is 19.9 Å². The molecule has 11 nitrogen and oxygen atoms in total. The number of benzene rings is 3. The summed E-state index contributed by atoms with van der Waals surface area (Å²) < 4.78 is 62.5. The van der Waals surface area contributed by atoms with Gasteiger partial charge in [-0.05, 0) is 44.0 Å². The molecule has 0 bridgehead atoms. The molecule has 2 N–H and O–H groups in total. The number of hydrogen-bond acceptors (Lipinski definition) is 9. The van der Waals surface area contributed by atoms with Gasteiger partial charge in [-0.2, -0.15) is 13.9 Å². The Morgan fingerprint density at radius 1 is 0.917 bits per heavy atom. The molecule has 2 aromatic heterocycles. The van der Waals surface area contributed by atoms with E-state index in [2.05, 4.69) is 14.8 Å². The van der Waals surface area contributed by atoms with Crippen molar-refractivity contribution in [3.63, 3.8) is 0 Å². The van der Waals surface area contributed by atoms with Crippen molar-refractivity contribution in [3.05, 3.63) is 108 Å². The number of fused-ring (bicyclic) bond motifs is 1. The van der Waals surface area contributed by atoms with Gasteiger partial charge in [0.15, 0.2) is 5.65 Å². The Labute approximate surface area is 277 Å². The first-order valence-electron chi connectivity index (χ1n) is 14.8. The predicted molar refractivity (Wildman–Crippen MR) is 175 cm³/mol. The normalized spacial score (nSPS) is 12.4. The minimum atomic E-state index is -3.19. The third-order valence-electron chi connectivity index (χ3n) is 7.34. The van der Waals surface area contributed by atoms with Crippen molar-refractivity contribution < 1.29 is 41.4 Å². The highest BCUT2D eigenvalue weighted by atomic mass is 31.2. The van der Waals surface area contributed by atoms with Gasteiger partial charge < -0.3 is 33.5 Å². The topological polar surface area (TPSA) is 129 Å². The minimum Gasteiger partial charge on any atom is -0.496 e. The lowest BCUT2D eigenvalue weighted by atomic mass is 10.0.